The predicted octanol–water partition coefficient (Wildman–Crippen LogP) is 26.1. The van der Waals surface area contributed by atoms with Crippen molar-refractivity contribution in [2.75, 3.05) is 0 Å². The molecule has 10 rings (SSSR count). The molecule has 8 heterocycles. The molecule has 17 heteroatoms. The summed E-state index contributed by atoms with van der Waals surface area (Å²) >= 11 is 8.59. The molecule has 2 aliphatic heterocycles. The first kappa shape index (κ1) is 72.5. The summed E-state index contributed by atoms with van der Waals surface area (Å²) in [6.07, 6.45) is 36.5. The van der Waals surface area contributed by atoms with Crippen molar-refractivity contribution in [1.82, 2.24) is 17.5 Å². The van der Waals surface area contributed by atoms with E-state index in [4.69, 9.17) is 18.2 Å². The Labute approximate surface area is 584 Å². The van der Waals surface area contributed by atoms with E-state index in [-0.39, 0.29) is 21.2 Å². The van der Waals surface area contributed by atoms with E-state index in [0.29, 0.717) is 75.9 Å². The fourth-order valence-corrected chi connectivity index (χ4v) is 21.9. The van der Waals surface area contributed by atoms with E-state index in [1.54, 1.807) is 18.3 Å². The van der Waals surface area contributed by atoms with Gasteiger partial charge in [-0.3, -0.25) is 0 Å². The molecule has 0 bridgehead atoms. The number of rotatable bonds is 40. The predicted molar refractivity (Wildman–Crippen MR) is 388 cm³/mol. The number of nitrogens with zero attached hydrogens (tertiary/aromatic N) is 4. The van der Waals surface area contributed by atoms with Crippen LogP contribution in [0.1, 0.15) is 282 Å². The number of unbranched alkanes of at least 4 members (excludes halogenated alkanes) is 18. The summed E-state index contributed by atoms with van der Waals surface area (Å²) in [6, 6.07) is 8.38. The Bertz CT molecular complexity index is 3660. The van der Waals surface area contributed by atoms with Crippen LogP contribution in [0, 0.1) is 60.8 Å². The van der Waals surface area contributed by atoms with E-state index < -0.39 is 34.5 Å². The number of halogens is 4. The van der Waals surface area contributed by atoms with Gasteiger partial charge in [-0.2, -0.15) is 0 Å². The van der Waals surface area contributed by atoms with E-state index >= 15 is 17.6 Å². The van der Waals surface area contributed by atoms with Crippen LogP contribution in [0.3, 0.4) is 0 Å². The number of aromatic nitrogens is 4. The zero-order valence-electron chi connectivity index (χ0n) is 57.1. The monoisotopic (exact) mass is 1430 g/mol. The van der Waals surface area contributed by atoms with Crippen molar-refractivity contribution >= 4 is 99.2 Å². The summed E-state index contributed by atoms with van der Waals surface area (Å²) in [5, 5.41) is 0. The zero-order chi connectivity index (χ0) is 65.8. The van der Waals surface area contributed by atoms with Crippen molar-refractivity contribution in [3.63, 3.8) is 0 Å². The van der Waals surface area contributed by atoms with Crippen LogP contribution in [0.15, 0.2) is 24.3 Å². The van der Waals surface area contributed by atoms with Crippen LogP contribution >= 0.6 is 68.8 Å². The van der Waals surface area contributed by atoms with Crippen LogP contribution in [0.4, 0.5) is 17.6 Å². The van der Waals surface area contributed by atoms with Gasteiger partial charge in [-0.1, -0.05) is 119 Å². The Kier molecular flexibility index (Phi) is 26.5. The van der Waals surface area contributed by atoms with Crippen LogP contribution in [0.25, 0.3) is 62.5 Å². The molecule has 6 nitrogen and oxygen atoms in total. The summed E-state index contributed by atoms with van der Waals surface area (Å²) in [5.74, 6) is 0.256. The van der Waals surface area contributed by atoms with Gasteiger partial charge in [0.25, 0.3) is 0 Å². The normalized spacial score (nSPS) is 15.8. The second-order valence-electron chi connectivity index (χ2n) is 28.4. The van der Waals surface area contributed by atoms with Gasteiger partial charge in [-0.15, -0.1) is 0 Å². The molecule has 0 N–H and O–H groups in total. The average Bonchev–Trinajstić information content (AvgIpc) is 1.59. The van der Waals surface area contributed by atoms with Gasteiger partial charge in [0.1, 0.15) is 0 Å². The number of benzene rings is 2. The Morgan fingerprint density at radius 1 is 0.419 bits per heavy atom. The molecule has 8 aromatic rings. The molecule has 0 aliphatic carbocycles. The van der Waals surface area contributed by atoms with Crippen molar-refractivity contribution in [1.29, 1.82) is 0 Å². The molecule has 0 amide bonds. The van der Waals surface area contributed by atoms with Crippen molar-refractivity contribution < 1.29 is 41.7 Å². The van der Waals surface area contributed by atoms with Crippen LogP contribution in [0.5, 0.6) is 11.5 Å². The zero-order valence-corrected chi connectivity index (χ0v) is 63.1. The Hall–Kier alpha value is -3.29. The molecule has 0 saturated heterocycles. The van der Waals surface area contributed by atoms with Crippen LogP contribution in [0.2, 0.25) is 0 Å². The second-order valence-corrected chi connectivity index (χ2v) is 35.5. The summed E-state index contributed by atoms with van der Waals surface area (Å²) in [4.78, 5) is 6.31. The summed E-state index contributed by atoms with van der Waals surface area (Å²) in [5.41, 5.74) is 2.54. The van der Waals surface area contributed by atoms with E-state index in [2.05, 4.69) is 89.3 Å². The minimum absolute atomic E-state index is 0.125. The van der Waals surface area contributed by atoms with Crippen LogP contribution in [-0.2, 0) is 25.9 Å². The first-order valence-corrected chi connectivity index (χ1v) is 41.5. The molecular weight excluding hydrogens is 1330 g/mol. The third-order valence-electron chi connectivity index (χ3n) is 19.9. The fraction of sp³-hybridized carbons (Fsp3) is 0.632. The number of thiophene rings is 4. The number of hydrogen-bond acceptors (Lipinski definition) is 12. The molecule has 0 radical (unpaired) electrons. The molecule has 2 aromatic carbocycles. The topological polar surface area (TPSA) is 70.0 Å². The summed E-state index contributed by atoms with van der Waals surface area (Å²) in [7, 11) is 0. The van der Waals surface area contributed by atoms with Gasteiger partial charge in [-0.25, -0.2) is 0 Å². The van der Waals surface area contributed by atoms with Gasteiger partial charge in [0, 0.05) is 0 Å². The SMILES string of the molecule is CCCCCCCCCCCCC1(CCCCCCCCCCCC)Oc2c[c]([Co][c]3c(F)c(F)c(-c4cc5c(s4)-c4sc(C)cc4OC5(CCC(C)CCCC(C)C)CCC(C)CCCC(C)C)c4nsnc34)sc2-c2sc(-c3c(F)c(F)c(C)c4nsnc34)cc21. The van der Waals surface area contributed by atoms with E-state index in [0.717, 1.165) is 146 Å². The third kappa shape index (κ3) is 17.2. The molecule has 0 spiro atoms. The molecule has 6 aromatic heterocycles. The fourth-order valence-electron chi connectivity index (χ4n) is 14.3. The standard InChI is InChI=1S/C40H55F2N2OS3.C36H47F2N2OS3.Co/c1-4-6-8-10-12-14-16-18-20-22-25-40(26-23-21-19-17-15-13-11-9-7-5-2)30-28-32(47-38(30)39-31(45-40)24-27-46-39)33-35(42)34(41)29(3)36-37(33)44-48-43-36;1-21(2)10-8-12-23(5)14-16-36(17-15-24(6)13-9-11-22(3)4)26-19-30(43-34(26)35-29(41-36)18-25(7)42-35)31-32(38)27(37)20-28-33(31)40-44-39-28;/h24,28H,4-23,25-26H2,1-3H3;18-19,21-24H,8-17H2,1-7H3;. The number of aryl methyl sites for hydroxylation is 2. The molecule has 2 unspecified atom stereocenters. The number of fused-ring (bicyclic) bond motifs is 8. The summed E-state index contributed by atoms with van der Waals surface area (Å²) < 4.78 is 103. The number of hydrogen-bond donors (Lipinski definition) is 0. The molecular formula is C76H102CoF4N4O2S6. The van der Waals surface area contributed by atoms with Gasteiger partial charge < -0.3 is 0 Å². The van der Waals surface area contributed by atoms with Crippen molar-refractivity contribution in [2.24, 2.45) is 23.7 Å². The molecule has 0 saturated carbocycles. The van der Waals surface area contributed by atoms with E-state index in [1.165, 1.54) is 162 Å². The molecule has 2 aliphatic rings. The Morgan fingerprint density at radius 2 is 0.839 bits per heavy atom. The van der Waals surface area contributed by atoms with Gasteiger partial charge in [-0.05, 0) is 11.8 Å². The first-order chi connectivity index (χ1) is 45.0. The molecule has 93 heavy (non-hydrogen) atoms. The Balaban J connectivity index is 0.996. The van der Waals surface area contributed by atoms with Crippen molar-refractivity contribution in [3.05, 3.63) is 69.1 Å². The first-order valence-electron chi connectivity index (χ1n) is 35.7. The third-order valence-corrected chi connectivity index (χ3v) is 27.2. The second kappa shape index (κ2) is 34.0. The molecule has 0 fully saturated rings. The molecule has 511 valence electrons. The van der Waals surface area contributed by atoms with Crippen molar-refractivity contribution in [2.45, 2.75) is 286 Å². The van der Waals surface area contributed by atoms with Gasteiger partial charge in [0.15, 0.2) is 0 Å². The minimum atomic E-state index is -0.933. The number of ether oxygens (including phenoxy) is 2. The summed E-state index contributed by atoms with van der Waals surface area (Å²) in [6.45, 7) is 22.2. The van der Waals surface area contributed by atoms with E-state index in [9.17, 15) is 0 Å². The van der Waals surface area contributed by atoms with Gasteiger partial charge in [0.2, 0.25) is 0 Å². The Morgan fingerprint density at radius 3 is 1.33 bits per heavy atom. The van der Waals surface area contributed by atoms with Crippen LogP contribution in [-0.4, -0.2) is 17.5 Å². The molecule has 2 atom stereocenters. The average molecular weight is 1430 g/mol. The van der Waals surface area contributed by atoms with Crippen molar-refractivity contribution in [3.8, 4) is 51.9 Å². The maximum absolute atomic E-state index is 17.8. The quantitative estimate of drug-likeness (QED) is 0.0282. The maximum atomic E-state index is 17.8. The van der Waals surface area contributed by atoms with Crippen LogP contribution < -0.4 is 17.8 Å². The van der Waals surface area contributed by atoms with Gasteiger partial charge >= 0.3 is 459 Å². The van der Waals surface area contributed by atoms with Gasteiger partial charge in [0.05, 0.1) is 0 Å². The van der Waals surface area contributed by atoms with E-state index in [1.807, 2.05) is 6.07 Å².